The fourth-order valence-corrected chi connectivity index (χ4v) is 3.44. The van der Waals surface area contributed by atoms with Gasteiger partial charge in [-0.05, 0) is 30.2 Å². The van der Waals surface area contributed by atoms with Gasteiger partial charge in [0.1, 0.15) is 12.3 Å². The summed E-state index contributed by atoms with van der Waals surface area (Å²) in [7, 11) is 1.65. The number of likely N-dealkylation sites (N-methyl/N-ethyl adjacent to an activating group) is 1. The molecule has 0 aliphatic carbocycles. The van der Waals surface area contributed by atoms with E-state index in [9.17, 15) is 4.79 Å². The third kappa shape index (κ3) is 5.93. The Hall–Kier alpha value is -3.11. The molecule has 1 amide bonds. The van der Waals surface area contributed by atoms with Gasteiger partial charge in [0.05, 0.1) is 19.7 Å². The van der Waals surface area contributed by atoms with E-state index in [1.54, 1.807) is 7.11 Å². The zero-order valence-electron chi connectivity index (χ0n) is 17.1. The Morgan fingerprint density at radius 1 is 0.897 bits per heavy atom. The summed E-state index contributed by atoms with van der Waals surface area (Å²) in [5.74, 6) is 0.846. The molecule has 4 heteroatoms. The Morgan fingerprint density at radius 3 is 2.07 bits per heavy atom. The van der Waals surface area contributed by atoms with Gasteiger partial charge in [0.15, 0.2) is 6.54 Å². The zero-order chi connectivity index (χ0) is 20.5. The predicted octanol–water partition coefficient (Wildman–Crippen LogP) is 3.01. The van der Waals surface area contributed by atoms with E-state index in [0.29, 0.717) is 6.54 Å². The summed E-state index contributed by atoms with van der Waals surface area (Å²) in [5.41, 5.74) is 3.34. The first kappa shape index (κ1) is 20.6. The number of benzene rings is 3. The van der Waals surface area contributed by atoms with Crippen LogP contribution in [0.4, 0.5) is 0 Å². The molecule has 3 rings (SSSR count). The van der Waals surface area contributed by atoms with E-state index in [0.717, 1.165) is 30.0 Å². The Balaban J connectivity index is 1.73. The molecule has 0 aliphatic heterocycles. The maximum Gasteiger partial charge on any atom is 0.275 e. The quantitative estimate of drug-likeness (QED) is 0.591. The summed E-state index contributed by atoms with van der Waals surface area (Å²) in [6.45, 7) is 4.28. The second-order valence-electron chi connectivity index (χ2n) is 7.13. The van der Waals surface area contributed by atoms with Gasteiger partial charge >= 0.3 is 0 Å². The van der Waals surface area contributed by atoms with Crippen LogP contribution in [0.25, 0.3) is 0 Å². The van der Waals surface area contributed by atoms with E-state index in [2.05, 4.69) is 24.4 Å². The minimum Gasteiger partial charge on any atom is -0.497 e. The Morgan fingerprint density at radius 2 is 1.48 bits per heavy atom. The molecule has 0 bridgehead atoms. The molecule has 0 heterocycles. The van der Waals surface area contributed by atoms with Crippen molar-refractivity contribution in [3.63, 3.8) is 0 Å². The van der Waals surface area contributed by atoms with Gasteiger partial charge in [-0.1, -0.05) is 72.8 Å². The van der Waals surface area contributed by atoms with E-state index in [1.165, 1.54) is 10.5 Å². The van der Waals surface area contributed by atoms with Gasteiger partial charge in [-0.25, -0.2) is 0 Å². The molecule has 0 spiro atoms. The van der Waals surface area contributed by atoms with Crippen molar-refractivity contribution in [2.24, 2.45) is 0 Å². The van der Waals surface area contributed by atoms with E-state index < -0.39 is 0 Å². The molecular formula is C25H29N2O2+. The fourth-order valence-electron chi connectivity index (χ4n) is 3.44. The number of hydrogen-bond donors (Lipinski definition) is 2. The number of amides is 1. The molecule has 3 aromatic carbocycles. The van der Waals surface area contributed by atoms with Crippen molar-refractivity contribution in [1.29, 1.82) is 0 Å². The van der Waals surface area contributed by atoms with Gasteiger partial charge in [-0.2, -0.15) is 0 Å². The van der Waals surface area contributed by atoms with Crippen LogP contribution < -0.4 is 15.0 Å². The van der Waals surface area contributed by atoms with Crippen LogP contribution in [0.2, 0.25) is 0 Å². The molecule has 3 aromatic rings. The first-order chi connectivity index (χ1) is 14.2. The topological polar surface area (TPSA) is 42.8 Å². The van der Waals surface area contributed by atoms with Crippen molar-refractivity contribution in [2.45, 2.75) is 19.5 Å². The lowest BCUT2D eigenvalue weighted by Crippen LogP contribution is -3.11. The van der Waals surface area contributed by atoms with Gasteiger partial charge in [0.25, 0.3) is 5.91 Å². The second-order valence-corrected chi connectivity index (χ2v) is 7.13. The maximum absolute atomic E-state index is 12.9. The summed E-state index contributed by atoms with van der Waals surface area (Å²) in [6, 6.07) is 28.1. The van der Waals surface area contributed by atoms with E-state index in [-0.39, 0.29) is 11.9 Å². The SMILES string of the molecule is CC[NH+](CC(=O)N[C@H](c1ccccc1)c1ccc(OC)cc1)Cc1ccccc1. The van der Waals surface area contributed by atoms with Gasteiger partial charge < -0.3 is 15.0 Å². The summed E-state index contributed by atoms with van der Waals surface area (Å²) >= 11 is 0. The number of ether oxygens (including phenoxy) is 1. The number of quaternary nitrogens is 1. The second kappa shape index (κ2) is 10.4. The van der Waals surface area contributed by atoms with Crippen molar-refractivity contribution in [1.82, 2.24) is 5.32 Å². The predicted molar refractivity (Wildman–Crippen MR) is 116 cm³/mol. The molecule has 4 nitrogen and oxygen atoms in total. The highest BCUT2D eigenvalue weighted by Crippen LogP contribution is 2.24. The number of methoxy groups -OCH3 is 1. The van der Waals surface area contributed by atoms with Crippen molar-refractivity contribution < 1.29 is 14.4 Å². The minimum atomic E-state index is -0.190. The number of carbonyl (C=O) groups is 1. The summed E-state index contributed by atoms with van der Waals surface area (Å²) in [6.07, 6.45) is 0. The number of rotatable bonds is 9. The molecule has 2 atom stereocenters. The highest BCUT2D eigenvalue weighted by atomic mass is 16.5. The third-order valence-corrected chi connectivity index (χ3v) is 5.09. The summed E-state index contributed by atoms with van der Waals surface area (Å²) < 4.78 is 5.27. The molecule has 1 unspecified atom stereocenters. The lowest BCUT2D eigenvalue weighted by Gasteiger charge is -2.22. The molecule has 0 aliphatic rings. The molecule has 0 aromatic heterocycles. The summed E-state index contributed by atoms with van der Waals surface area (Å²) in [5, 5.41) is 3.24. The van der Waals surface area contributed by atoms with Crippen molar-refractivity contribution >= 4 is 5.91 Å². The summed E-state index contributed by atoms with van der Waals surface area (Å²) in [4.78, 5) is 14.2. The molecular weight excluding hydrogens is 360 g/mol. The monoisotopic (exact) mass is 389 g/mol. The van der Waals surface area contributed by atoms with Crippen LogP contribution in [-0.4, -0.2) is 26.1 Å². The van der Waals surface area contributed by atoms with Crippen LogP contribution in [0, 0.1) is 0 Å². The van der Waals surface area contributed by atoms with Crippen LogP contribution in [0.1, 0.15) is 29.7 Å². The number of carbonyl (C=O) groups excluding carboxylic acids is 1. The molecule has 0 radical (unpaired) electrons. The number of hydrogen-bond acceptors (Lipinski definition) is 2. The third-order valence-electron chi connectivity index (χ3n) is 5.09. The van der Waals surface area contributed by atoms with Crippen LogP contribution in [0.3, 0.4) is 0 Å². The molecule has 2 N–H and O–H groups in total. The van der Waals surface area contributed by atoms with Gasteiger partial charge in [-0.15, -0.1) is 0 Å². The van der Waals surface area contributed by atoms with E-state index in [4.69, 9.17) is 4.74 Å². The first-order valence-electron chi connectivity index (χ1n) is 10.1. The molecule has 0 fully saturated rings. The van der Waals surface area contributed by atoms with Crippen molar-refractivity contribution in [3.8, 4) is 5.75 Å². The van der Waals surface area contributed by atoms with E-state index >= 15 is 0 Å². The highest BCUT2D eigenvalue weighted by Gasteiger charge is 2.20. The number of nitrogens with one attached hydrogen (secondary N) is 2. The standard InChI is InChI=1S/C25H28N2O2/c1-3-27(18-20-10-6-4-7-11-20)19-24(28)26-25(21-12-8-5-9-13-21)22-14-16-23(29-2)17-15-22/h4-17,25H,3,18-19H2,1-2H3,(H,26,28)/p+1/t25-/m1/s1. The minimum absolute atomic E-state index is 0.0439. The normalized spacial score (nSPS) is 12.8. The van der Waals surface area contributed by atoms with Gasteiger partial charge in [0, 0.05) is 5.56 Å². The van der Waals surface area contributed by atoms with Crippen LogP contribution in [0.5, 0.6) is 5.75 Å². The first-order valence-corrected chi connectivity index (χ1v) is 10.1. The lowest BCUT2D eigenvalue weighted by molar-refractivity contribution is -0.904. The zero-order valence-corrected chi connectivity index (χ0v) is 17.1. The average Bonchev–Trinajstić information content (AvgIpc) is 2.78. The fraction of sp³-hybridized carbons (Fsp3) is 0.240. The maximum atomic E-state index is 12.9. The van der Waals surface area contributed by atoms with Gasteiger partial charge in [-0.3, -0.25) is 4.79 Å². The molecule has 29 heavy (non-hydrogen) atoms. The highest BCUT2D eigenvalue weighted by molar-refractivity contribution is 5.78. The van der Waals surface area contributed by atoms with Crippen LogP contribution in [0.15, 0.2) is 84.9 Å². The molecule has 0 saturated heterocycles. The largest absolute Gasteiger partial charge is 0.497 e. The van der Waals surface area contributed by atoms with Gasteiger partial charge in [0.2, 0.25) is 0 Å². The smallest absolute Gasteiger partial charge is 0.275 e. The Labute approximate surface area is 173 Å². The van der Waals surface area contributed by atoms with Crippen LogP contribution in [-0.2, 0) is 11.3 Å². The average molecular weight is 390 g/mol. The lowest BCUT2D eigenvalue weighted by atomic mass is 9.98. The Bertz CT molecular complexity index is 880. The van der Waals surface area contributed by atoms with Crippen molar-refractivity contribution in [2.75, 3.05) is 20.2 Å². The van der Waals surface area contributed by atoms with E-state index in [1.807, 2.05) is 72.8 Å². The van der Waals surface area contributed by atoms with Crippen LogP contribution >= 0.6 is 0 Å². The Kier molecular flexibility index (Phi) is 7.42. The van der Waals surface area contributed by atoms with Crippen molar-refractivity contribution in [3.05, 3.63) is 102 Å². The molecule has 0 saturated carbocycles. The molecule has 150 valence electrons.